The summed E-state index contributed by atoms with van der Waals surface area (Å²) < 4.78 is 19.5. The molecule has 0 bridgehead atoms. The lowest BCUT2D eigenvalue weighted by molar-refractivity contribution is 0.190. The molecule has 4 heteroatoms. The highest BCUT2D eigenvalue weighted by atomic mass is 35.5. The van der Waals surface area contributed by atoms with Crippen LogP contribution in [0.2, 0.25) is 5.02 Å². The molecular weight excluding hydrogens is 279 g/mol. The number of rotatable bonds is 3. The molecule has 106 valence electrons. The van der Waals surface area contributed by atoms with Crippen LogP contribution in [0.5, 0.6) is 11.5 Å². The van der Waals surface area contributed by atoms with Crippen molar-refractivity contribution in [3.05, 3.63) is 57.9 Å². The van der Waals surface area contributed by atoms with Crippen LogP contribution >= 0.6 is 11.6 Å². The Balaban J connectivity index is 2.43. The van der Waals surface area contributed by atoms with E-state index >= 15 is 0 Å². The smallest absolute Gasteiger partial charge is 0.136 e. The molecule has 2 rings (SSSR count). The van der Waals surface area contributed by atoms with Crippen LogP contribution in [0, 0.1) is 19.7 Å². The average Bonchev–Trinajstić information content (AvgIpc) is 2.35. The second-order valence-corrected chi connectivity index (χ2v) is 5.18. The number of ether oxygens (including phenoxy) is 1. The number of hydrogen-bond acceptors (Lipinski definition) is 2. The molecule has 0 spiro atoms. The monoisotopic (exact) mass is 294 g/mol. The maximum Gasteiger partial charge on any atom is 0.136 e. The van der Waals surface area contributed by atoms with Gasteiger partial charge in [-0.3, -0.25) is 0 Å². The molecule has 0 heterocycles. The summed E-state index contributed by atoms with van der Waals surface area (Å²) in [6.07, 6.45) is -0.944. The summed E-state index contributed by atoms with van der Waals surface area (Å²) in [6, 6.07) is 8.04. The SMILES string of the molecule is Cc1cc(Oc2cccc(F)c2[C@H](C)O)cc(C)c1Cl. The minimum Gasteiger partial charge on any atom is -0.457 e. The van der Waals surface area contributed by atoms with Gasteiger partial charge in [-0.25, -0.2) is 4.39 Å². The van der Waals surface area contributed by atoms with E-state index in [1.54, 1.807) is 24.3 Å². The first-order chi connectivity index (χ1) is 9.40. The molecule has 0 radical (unpaired) electrons. The summed E-state index contributed by atoms with van der Waals surface area (Å²) in [6.45, 7) is 5.26. The lowest BCUT2D eigenvalue weighted by Gasteiger charge is -2.15. The van der Waals surface area contributed by atoms with Gasteiger partial charge < -0.3 is 9.84 Å². The van der Waals surface area contributed by atoms with Gasteiger partial charge in [-0.05, 0) is 56.2 Å². The molecule has 1 atom stereocenters. The van der Waals surface area contributed by atoms with Gasteiger partial charge in [-0.15, -0.1) is 0 Å². The molecule has 2 aromatic rings. The maximum atomic E-state index is 13.8. The van der Waals surface area contributed by atoms with E-state index in [0.717, 1.165) is 11.1 Å². The van der Waals surface area contributed by atoms with Crippen molar-refractivity contribution >= 4 is 11.6 Å². The molecule has 0 amide bonds. The highest BCUT2D eigenvalue weighted by Gasteiger charge is 2.15. The number of benzene rings is 2. The van der Waals surface area contributed by atoms with Crippen molar-refractivity contribution in [3.8, 4) is 11.5 Å². The third-order valence-electron chi connectivity index (χ3n) is 3.07. The summed E-state index contributed by atoms with van der Waals surface area (Å²) in [4.78, 5) is 0. The number of hydrogen-bond donors (Lipinski definition) is 1. The van der Waals surface area contributed by atoms with Crippen molar-refractivity contribution in [2.75, 3.05) is 0 Å². The fraction of sp³-hybridized carbons (Fsp3) is 0.250. The highest BCUT2D eigenvalue weighted by molar-refractivity contribution is 6.32. The lowest BCUT2D eigenvalue weighted by Crippen LogP contribution is -2.00. The fourth-order valence-corrected chi connectivity index (χ4v) is 2.21. The number of halogens is 2. The topological polar surface area (TPSA) is 29.5 Å². The third-order valence-corrected chi connectivity index (χ3v) is 3.66. The molecule has 1 N–H and O–H groups in total. The normalized spacial score (nSPS) is 12.3. The summed E-state index contributed by atoms with van der Waals surface area (Å²) >= 11 is 6.10. The van der Waals surface area contributed by atoms with Crippen molar-refractivity contribution in [2.24, 2.45) is 0 Å². The molecule has 2 nitrogen and oxygen atoms in total. The Morgan fingerprint density at radius 3 is 2.35 bits per heavy atom. The van der Waals surface area contributed by atoms with E-state index in [9.17, 15) is 9.50 Å². The van der Waals surface area contributed by atoms with Crippen LogP contribution in [0.4, 0.5) is 4.39 Å². The van der Waals surface area contributed by atoms with E-state index in [2.05, 4.69) is 0 Å². The Labute approximate surface area is 122 Å². The zero-order valence-corrected chi connectivity index (χ0v) is 12.3. The van der Waals surface area contributed by atoms with E-state index in [0.29, 0.717) is 16.5 Å². The molecule has 0 aliphatic carbocycles. The summed E-state index contributed by atoms with van der Waals surface area (Å²) in [5, 5.41) is 10.4. The maximum absolute atomic E-state index is 13.8. The summed E-state index contributed by atoms with van der Waals surface area (Å²) in [5.41, 5.74) is 1.92. The zero-order valence-electron chi connectivity index (χ0n) is 11.6. The first-order valence-corrected chi connectivity index (χ1v) is 6.69. The second kappa shape index (κ2) is 5.81. The predicted octanol–water partition coefficient (Wildman–Crippen LogP) is 4.94. The predicted molar refractivity (Wildman–Crippen MR) is 78.0 cm³/mol. The molecule has 0 aliphatic heterocycles. The van der Waals surface area contributed by atoms with E-state index < -0.39 is 11.9 Å². The molecule has 0 aromatic heterocycles. The number of aryl methyl sites for hydroxylation is 2. The van der Waals surface area contributed by atoms with E-state index in [1.165, 1.54) is 13.0 Å². The van der Waals surface area contributed by atoms with Gasteiger partial charge in [0.25, 0.3) is 0 Å². The van der Waals surface area contributed by atoms with Gasteiger partial charge in [-0.1, -0.05) is 17.7 Å². The first-order valence-electron chi connectivity index (χ1n) is 6.31. The van der Waals surface area contributed by atoms with E-state index in [-0.39, 0.29) is 5.56 Å². The minimum absolute atomic E-state index is 0.151. The van der Waals surface area contributed by atoms with Gasteiger partial charge >= 0.3 is 0 Å². The van der Waals surface area contributed by atoms with Gasteiger partial charge in [0, 0.05) is 5.02 Å². The Morgan fingerprint density at radius 1 is 1.20 bits per heavy atom. The van der Waals surface area contributed by atoms with Gasteiger partial charge in [0.15, 0.2) is 0 Å². The lowest BCUT2D eigenvalue weighted by atomic mass is 10.1. The van der Waals surface area contributed by atoms with Gasteiger partial charge in [0.1, 0.15) is 17.3 Å². The first kappa shape index (κ1) is 14.8. The van der Waals surface area contributed by atoms with Crippen LogP contribution in [0.15, 0.2) is 30.3 Å². The van der Waals surface area contributed by atoms with Crippen molar-refractivity contribution in [1.29, 1.82) is 0 Å². The van der Waals surface area contributed by atoms with Gasteiger partial charge in [0.2, 0.25) is 0 Å². The van der Waals surface area contributed by atoms with Crippen LogP contribution < -0.4 is 4.74 Å². The quantitative estimate of drug-likeness (QED) is 0.868. The zero-order chi connectivity index (χ0) is 14.9. The molecule has 0 unspecified atom stereocenters. The molecule has 2 aromatic carbocycles. The van der Waals surface area contributed by atoms with Gasteiger partial charge in [-0.2, -0.15) is 0 Å². The summed E-state index contributed by atoms with van der Waals surface area (Å²) in [5.74, 6) is 0.387. The highest BCUT2D eigenvalue weighted by Crippen LogP contribution is 2.34. The third kappa shape index (κ3) is 2.94. The van der Waals surface area contributed by atoms with Gasteiger partial charge in [0.05, 0.1) is 11.7 Å². The van der Waals surface area contributed by atoms with Crippen molar-refractivity contribution in [1.82, 2.24) is 0 Å². The van der Waals surface area contributed by atoms with Crippen LogP contribution in [0.1, 0.15) is 29.7 Å². The van der Waals surface area contributed by atoms with Crippen molar-refractivity contribution in [2.45, 2.75) is 26.9 Å². The average molecular weight is 295 g/mol. The van der Waals surface area contributed by atoms with Crippen LogP contribution in [0.25, 0.3) is 0 Å². The fourth-order valence-electron chi connectivity index (χ4n) is 2.10. The van der Waals surface area contributed by atoms with Crippen LogP contribution in [0.3, 0.4) is 0 Å². The molecule has 0 aliphatic rings. The standard InChI is InChI=1S/C16H16ClFO2/c1-9-7-12(8-10(2)16(9)17)20-14-6-4-5-13(18)15(14)11(3)19/h4-8,11,19H,1-3H3/t11-/m0/s1. The Morgan fingerprint density at radius 2 is 1.80 bits per heavy atom. The Hall–Kier alpha value is -1.58. The molecule has 0 saturated heterocycles. The molecule has 0 saturated carbocycles. The second-order valence-electron chi connectivity index (χ2n) is 4.80. The molecular formula is C16H16ClFO2. The summed E-state index contributed by atoms with van der Waals surface area (Å²) in [7, 11) is 0. The minimum atomic E-state index is -0.944. The number of aliphatic hydroxyl groups is 1. The van der Waals surface area contributed by atoms with Crippen LogP contribution in [-0.2, 0) is 0 Å². The Bertz CT molecular complexity index is 615. The Kier molecular flexibility index (Phi) is 4.31. The number of aliphatic hydroxyl groups excluding tert-OH is 1. The van der Waals surface area contributed by atoms with E-state index in [4.69, 9.17) is 16.3 Å². The molecule has 0 fully saturated rings. The van der Waals surface area contributed by atoms with Crippen LogP contribution in [-0.4, -0.2) is 5.11 Å². The largest absolute Gasteiger partial charge is 0.457 e. The van der Waals surface area contributed by atoms with E-state index in [1.807, 2.05) is 13.8 Å². The van der Waals surface area contributed by atoms with Crippen molar-refractivity contribution in [3.63, 3.8) is 0 Å². The van der Waals surface area contributed by atoms with Crippen molar-refractivity contribution < 1.29 is 14.2 Å². The molecule has 20 heavy (non-hydrogen) atoms.